The molecule has 1 aromatic heterocycles. The van der Waals surface area contributed by atoms with E-state index in [-0.39, 0.29) is 11.9 Å². The number of carbonyl (C=O) groups excluding carboxylic acids is 2. The quantitative estimate of drug-likeness (QED) is 0.299. The molecule has 0 unspecified atom stereocenters. The van der Waals surface area contributed by atoms with Gasteiger partial charge in [-0.25, -0.2) is 4.79 Å². The maximum absolute atomic E-state index is 12.7. The third kappa shape index (κ3) is 5.32. The van der Waals surface area contributed by atoms with Gasteiger partial charge in [0.25, 0.3) is 5.91 Å². The Morgan fingerprint density at radius 1 is 1.07 bits per heavy atom. The third-order valence-electron chi connectivity index (χ3n) is 4.65. The normalized spacial score (nSPS) is 10.8. The van der Waals surface area contributed by atoms with Gasteiger partial charge in [0.1, 0.15) is 10.6 Å². The molecule has 0 fully saturated rings. The van der Waals surface area contributed by atoms with Crippen LogP contribution < -0.4 is 10.1 Å². The number of anilines is 1. The van der Waals surface area contributed by atoms with Gasteiger partial charge < -0.3 is 14.8 Å². The van der Waals surface area contributed by atoms with E-state index in [9.17, 15) is 9.59 Å². The zero-order valence-electron chi connectivity index (χ0n) is 17.0. The van der Waals surface area contributed by atoms with E-state index < -0.39 is 0 Å². The summed E-state index contributed by atoms with van der Waals surface area (Å²) >= 11 is 7.75. The van der Waals surface area contributed by atoms with Crippen LogP contribution in [0, 0.1) is 0 Å². The van der Waals surface area contributed by atoms with Gasteiger partial charge in [-0.2, -0.15) is 0 Å². The lowest BCUT2D eigenvalue weighted by Crippen LogP contribution is -2.11. The number of carbonyl (C=O) groups is 2. The molecule has 30 heavy (non-hydrogen) atoms. The zero-order chi connectivity index (χ0) is 21.5. The predicted octanol–water partition coefficient (Wildman–Crippen LogP) is 6.55. The van der Waals surface area contributed by atoms with Crippen molar-refractivity contribution in [3.8, 4) is 5.75 Å². The van der Waals surface area contributed by atoms with Gasteiger partial charge in [-0.3, -0.25) is 4.79 Å². The van der Waals surface area contributed by atoms with Gasteiger partial charge >= 0.3 is 5.97 Å². The lowest BCUT2D eigenvalue weighted by atomic mass is 10.2. The number of ether oxygens (including phenoxy) is 2. The number of rotatable bonds is 9. The van der Waals surface area contributed by atoms with Gasteiger partial charge in [0.15, 0.2) is 0 Å². The average molecular weight is 446 g/mol. The lowest BCUT2D eigenvalue weighted by Gasteiger charge is -2.07. The van der Waals surface area contributed by atoms with Crippen LogP contribution in [0.25, 0.3) is 10.1 Å². The summed E-state index contributed by atoms with van der Waals surface area (Å²) in [5, 5.41) is 4.00. The molecular weight excluding hydrogens is 422 g/mol. The highest BCUT2D eigenvalue weighted by atomic mass is 35.5. The van der Waals surface area contributed by atoms with Gasteiger partial charge in [0.2, 0.25) is 0 Å². The van der Waals surface area contributed by atoms with Gasteiger partial charge in [-0.05, 0) is 48.9 Å². The number of nitrogens with one attached hydrogen (secondary N) is 1. The molecule has 0 atom stereocenters. The number of thiophene rings is 1. The Morgan fingerprint density at radius 2 is 1.83 bits per heavy atom. The fourth-order valence-electron chi connectivity index (χ4n) is 2.97. The molecule has 0 aliphatic rings. The highest BCUT2D eigenvalue weighted by molar-refractivity contribution is 7.21. The average Bonchev–Trinajstić information content (AvgIpc) is 3.10. The molecule has 0 saturated heterocycles. The van der Waals surface area contributed by atoms with Crippen molar-refractivity contribution in [2.75, 3.05) is 19.0 Å². The minimum atomic E-state index is -0.356. The maximum atomic E-state index is 12.7. The van der Waals surface area contributed by atoms with Crippen LogP contribution in [-0.2, 0) is 4.74 Å². The van der Waals surface area contributed by atoms with Crippen LogP contribution in [0.2, 0.25) is 5.02 Å². The Kier molecular flexibility index (Phi) is 7.71. The van der Waals surface area contributed by atoms with Crippen molar-refractivity contribution < 1.29 is 19.1 Å². The number of hydrogen-bond acceptors (Lipinski definition) is 5. The molecule has 0 aliphatic carbocycles. The molecule has 0 spiro atoms. The first-order valence-electron chi connectivity index (χ1n) is 9.88. The van der Waals surface area contributed by atoms with Gasteiger partial charge in [-0.1, -0.05) is 37.8 Å². The van der Waals surface area contributed by atoms with Crippen LogP contribution in [0.15, 0.2) is 42.5 Å². The summed E-state index contributed by atoms with van der Waals surface area (Å²) in [4.78, 5) is 25.2. The van der Waals surface area contributed by atoms with Crippen LogP contribution in [0.4, 0.5) is 5.69 Å². The number of benzene rings is 2. The van der Waals surface area contributed by atoms with Crippen molar-refractivity contribution in [1.82, 2.24) is 0 Å². The Hall–Kier alpha value is -2.57. The Bertz CT molecular complexity index is 1030. The lowest BCUT2D eigenvalue weighted by molar-refractivity contribution is 0.0497. The minimum absolute atomic E-state index is 0.300. The van der Waals surface area contributed by atoms with E-state index in [0.717, 1.165) is 35.8 Å². The largest absolute Gasteiger partial charge is 0.497 e. The number of fused-ring (bicyclic) bond motifs is 1. The standard InChI is InChI=1S/C23H24ClNO4S/c1-3-4-5-6-13-29-23(27)15-7-9-16(10-8-15)25-22(26)21-20(24)18-14-17(28-2)11-12-19(18)30-21/h7-12,14H,3-6,13H2,1-2H3,(H,25,26). The molecule has 5 nitrogen and oxygen atoms in total. The number of unbranched alkanes of at least 4 members (excludes halogenated alkanes) is 3. The molecule has 3 rings (SSSR count). The smallest absolute Gasteiger partial charge is 0.338 e. The van der Waals surface area contributed by atoms with E-state index in [1.165, 1.54) is 11.3 Å². The first-order chi connectivity index (χ1) is 14.5. The van der Waals surface area contributed by atoms with E-state index in [4.69, 9.17) is 21.1 Å². The first kappa shape index (κ1) is 22.1. The molecule has 0 saturated carbocycles. The van der Waals surface area contributed by atoms with E-state index in [2.05, 4.69) is 12.2 Å². The molecule has 1 heterocycles. The number of hydrogen-bond donors (Lipinski definition) is 1. The van der Waals surface area contributed by atoms with Crippen LogP contribution in [-0.4, -0.2) is 25.6 Å². The number of methoxy groups -OCH3 is 1. The minimum Gasteiger partial charge on any atom is -0.497 e. The third-order valence-corrected chi connectivity index (χ3v) is 6.32. The summed E-state index contributed by atoms with van der Waals surface area (Å²) in [6, 6.07) is 12.2. The van der Waals surface area contributed by atoms with Crippen LogP contribution in [0.1, 0.15) is 52.6 Å². The van der Waals surface area contributed by atoms with Crippen molar-refractivity contribution in [3.63, 3.8) is 0 Å². The fraction of sp³-hybridized carbons (Fsp3) is 0.304. The Balaban J connectivity index is 1.62. The molecule has 0 radical (unpaired) electrons. The van der Waals surface area contributed by atoms with Gasteiger partial charge in [0, 0.05) is 15.8 Å². The highest BCUT2D eigenvalue weighted by Gasteiger charge is 2.18. The second-order valence-corrected chi connectivity index (χ2v) is 8.27. The van der Waals surface area contributed by atoms with E-state index in [1.54, 1.807) is 31.4 Å². The number of esters is 1. The number of halogens is 1. The van der Waals surface area contributed by atoms with Crippen molar-refractivity contribution in [1.29, 1.82) is 0 Å². The van der Waals surface area contributed by atoms with Crippen LogP contribution in [0.3, 0.4) is 0 Å². The second kappa shape index (κ2) is 10.5. The monoisotopic (exact) mass is 445 g/mol. The summed E-state index contributed by atoms with van der Waals surface area (Å²) in [5.41, 5.74) is 1.03. The summed E-state index contributed by atoms with van der Waals surface area (Å²) < 4.78 is 11.4. The van der Waals surface area contributed by atoms with E-state index >= 15 is 0 Å². The fourth-order valence-corrected chi connectivity index (χ4v) is 4.36. The molecule has 0 bridgehead atoms. The maximum Gasteiger partial charge on any atom is 0.338 e. The first-order valence-corrected chi connectivity index (χ1v) is 11.1. The molecule has 0 aliphatic heterocycles. The molecular formula is C23H24ClNO4S. The van der Waals surface area contributed by atoms with Crippen molar-refractivity contribution >= 4 is 50.6 Å². The molecule has 2 aromatic carbocycles. The summed E-state index contributed by atoms with van der Waals surface area (Å²) in [6.45, 7) is 2.56. The van der Waals surface area contributed by atoms with Crippen LogP contribution >= 0.6 is 22.9 Å². The highest BCUT2D eigenvalue weighted by Crippen LogP contribution is 2.37. The molecule has 7 heteroatoms. The summed E-state index contributed by atoms with van der Waals surface area (Å²) in [5.74, 6) is 0.0271. The van der Waals surface area contributed by atoms with Crippen molar-refractivity contribution in [2.45, 2.75) is 32.6 Å². The molecule has 158 valence electrons. The number of amides is 1. The second-order valence-electron chi connectivity index (χ2n) is 6.84. The zero-order valence-corrected chi connectivity index (χ0v) is 18.6. The van der Waals surface area contributed by atoms with Crippen molar-refractivity contribution in [2.24, 2.45) is 0 Å². The summed E-state index contributed by atoms with van der Waals surface area (Å²) in [7, 11) is 1.58. The Labute approximate surface area is 184 Å². The molecule has 1 N–H and O–H groups in total. The van der Waals surface area contributed by atoms with E-state index in [1.807, 2.05) is 18.2 Å². The topological polar surface area (TPSA) is 64.6 Å². The van der Waals surface area contributed by atoms with Crippen LogP contribution in [0.5, 0.6) is 5.75 Å². The predicted molar refractivity (Wildman–Crippen MR) is 122 cm³/mol. The van der Waals surface area contributed by atoms with E-state index in [0.29, 0.717) is 33.5 Å². The van der Waals surface area contributed by atoms with Crippen molar-refractivity contribution in [3.05, 3.63) is 57.9 Å². The molecule has 3 aromatic rings. The SMILES string of the molecule is CCCCCCOC(=O)c1ccc(NC(=O)c2sc3ccc(OC)cc3c2Cl)cc1. The van der Waals surface area contributed by atoms with Gasteiger partial charge in [-0.15, -0.1) is 11.3 Å². The van der Waals surface area contributed by atoms with Gasteiger partial charge in [0.05, 0.1) is 24.3 Å². The molecule has 1 amide bonds. The Morgan fingerprint density at radius 3 is 2.53 bits per heavy atom. The summed E-state index contributed by atoms with van der Waals surface area (Å²) in [6.07, 6.45) is 4.21.